The third-order valence-corrected chi connectivity index (χ3v) is 6.21. The lowest BCUT2D eigenvalue weighted by atomic mass is 10.0. The van der Waals surface area contributed by atoms with E-state index in [1.165, 1.54) is 12.1 Å². The summed E-state index contributed by atoms with van der Waals surface area (Å²) in [6.45, 7) is 3.67. The number of amides is 1. The van der Waals surface area contributed by atoms with Crippen molar-refractivity contribution in [2.24, 2.45) is 0 Å². The number of hydrogen-bond acceptors (Lipinski definition) is 5. The lowest BCUT2D eigenvalue weighted by Gasteiger charge is -2.23. The maximum Gasteiger partial charge on any atom is 0.410 e. The largest absolute Gasteiger partial charge is 0.489 e. The van der Waals surface area contributed by atoms with Gasteiger partial charge in [-0.1, -0.05) is 36.4 Å². The van der Waals surface area contributed by atoms with Crippen LogP contribution in [0.2, 0.25) is 0 Å². The number of ether oxygens (including phenoxy) is 2. The maximum absolute atomic E-state index is 13.2. The zero-order valence-corrected chi connectivity index (χ0v) is 18.3. The van der Waals surface area contributed by atoms with Crippen LogP contribution in [0.5, 0.6) is 5.75 Å². The van der Waals surface area contributed by atoms with Gasteiger partial charge in [-0.15, -0.1) is 0 Å². The highest BCUT2D eigenvalue weighted by Gasteiger charge is 2.49. The molecule has 170 valence electrons. The van der Waals surface area contributed by atoms with Crippen molar-refractivity contribution < 1.29 is 18.7 Å². The standard InChI is InChI=1S/C26H26FN3O3/c27-23-9-7-20(8-10-23)15-30-19-26(33-25(30)31)11-13-29(18-26)16-22-5-1-2-6-24(22)32-17-21-4-3-12-28-14-21/h1-10,12,14H,11,13,15-19H2/t26-/m0/s1. The van der Waals surface area contributed by atoms with Gasteiger partial charge in [0.05, 0.1) is 6.54 Å². The fourth-order valence-corrected chi connectivity index (χ4v) is 4.56. The van der Waals surface area contributed by atoms with Gasteiger partial charge in [-0.2, -0.15) is 0 Å². The number of carbonyl (C=O) groups is 1. The molecule has 33 heavy (non-hydrogen) atoms. The summed E-state index contributed by atoms with van der Waals surface area (Å²) in [5.74, 6) is 0.569. The Morgan fingerprint density at radius 1 is 1.00 bits per heavy atom. The topological polar surface area (TPSA) is 54.9 Å². The smallest absolute Gasteiger partial charge is 0.410 e. The molecular formula is C26H26FN3O3. The number of nitrogens with zero attached hydrogens (tertiary/aromatic N) is 3. The molecule has 1 aromatic heterocycles. The molecule has 2 saturated heterocycles. The van der Waals surface area contributed by atoms with Gasteiger partial charge in [0.1, 0.15) is 23.8 Å². The van der Waals surface area contributed by atoms with Crippen LogP contribution in [0, 0.1) is 5.82 Å². The molecule has 0 unspecified atom stereocenters. The van der Waals surface area contributed by atoms with Gasteiger partial charge in [-0.3, -0.25) is 14.8 Å². The Bertz CT molecular complexity index is 1110. The van der Waals surface area contributed by atoms with Crippen molar-refractivity contribution >= 4 is 6.09 Å². The van der Waals surface area contributed by atoms with Gasteiger partial charge in [0.25, 0.3) is 0 Å². The van der Waals surface area contributed by atoms with E-state index in [0.29, 0.717) is 26.2 Å². The quantitative estimate of drug-likeness (QED) is 0.538. The maximum atomic E-state index is 13.2. The minimum Gasteiger partial charge on any atom is -0.489 e. The van der Waals surface area contributed by atoms with Crippen molar-refractivity contribution in [3.8, 4) is 5.75 Å². The van der Waals surface area contributed by atoms with Crippen molar-refractivity contribution in [2.45, 2.75) is 31.7 Å². The van der Waals surface area contributed by atoms with Gasteiger partial charge in [-0.05, 0) is 29.8 Å². The first-order valence-corrected chi connectivity index (χ1v) is 11.1. The summed E-state index contributed by atoms with van der Waals surface area (Å²) in [6, 6.07) is 18.2. The van der Waals surface area contributed by atoms with Crippen LogP contribution in [-0.2, 0) is 24.4 Å². The molecule has 3 aromatic rings. The van der Waals surface area contributed by atoms with E-state index in [4.69, 9.17) is 9.47 Å². The van der Waals surface area contributed by atoms with E-state index in [1.54, 1.807) is 29.4 Å². The first-order valence-electron chi connectivity index (χ1n) is 11.1. The number of likely N-dealkylation sites (tertiary alicyclic amines) is 1. The van der Waals surface area contributed by atoms with Gasteiger partial charge < -0.3 is 9.47 Å². The van der Waals surface area contributed by atoms with Crippen molar-refractivity contribution in [3.63, 3.8) is 0 Å². The second-order valence-electron chi connectivity index (χ2n) is 8.75. The number of benzene rings is 2. The predicted octanol–water partition coefficient (Wildman–Crippen LogP) is 4.40. The number of halogens is 1. The zero-order valence-electron chi connectivity index (χ0n) is 18.3. The summed E-state index contributed by atoms with van der Waals surface area (Å²) in [7, 11) is 0. The molecule has 7 heteroatoms. The van der Waals surface area contributed by atoms with E-state index >= 15 is 0 Å². The summed E-state index contributed by atoms with van der Waals surface area (Å²) < 4.78 is 25.1. The van der Waals surface area contributed by atoms with E-state index < -0.39 is 5.60 Å². The molecule has 2 aliphatic rings. The van der Waals surface area contributed by atoms with Crippen LogP contribution >= 0.6 is 0 Å². The molecule has 3 heterocycles. The lowest BCUT2D eigenvalue weighted by molar-refractivity contribution is 0.0625. The van der Waals surface area contributed by atoms with Gasteiger partial charge in [0, 0.05) is 56.1 Å². The fourth-order valence-electron chi connectivity index (χ4n) is 4.56. The van der Waals surface area contributed by atoms with E-state index in [1.807, 2.05) is 30.3 Å². The summed E-state index contributed by atoms with van der Waals surface area (Å²) in [4.78, 5) is 20.7. The molecule has 2 fully saturated rings. The van der Waals surface area contributed by atoms with Crippen LogP contribution in [0.25, 0.3) is 0 Å². The zero-order chi connectivity index (χ0) is 22.7. The number of carbonyl (C=O) groups excluding carboxylic acids is 1. The molecule has 2 aromatic carbocycles. The van der Waals surface area contributed by atoms with Crippen LogP contribution in [-0.4, -0.2) is 46.1 Å². The molecule has 1 atom stereocenters. The number of aromatic nitrogens is 1. The summed E-state index contributed by atoms with van der Waals surface area (Å²) >= 11 is 0. The molecule has 0 N–H and O–H groups in total. The average molecular weight is 448 g/mol. The van der Waals surface area contributed by atoms with Gasteiger partial charge in [0.2, 0.25) is 0 Å². The highest BCUT2D eigenvalue weighted by Crippen LogP contribution is 2.34. The minimum atomic E-state index is -0.497. The predicted molar refractivity (Wildman–Crippen MR) is 121 cm³/mol. The molecule has 2 aliphatic heterocycles. The Balaban J connectivity index is 1.20. The Kier molecular flexibility index (Phi) is 5.96. The van der Waals surface area contributed by atoms with Crippen LogP contribution < -0.4 is 4.74 Å². The molecule has 6 nitrogen and oxygen atoms in total. The third-order valence-electron chi connectivity index (χ3n) is 6.21. The van der Waals surface area contributed by atoms with Crippen LogP contribution in [0.1, 0.15) is 23.1 Å². The number of para-hydroxylation sites is 1. The number of rotatable bonds is 7. The van der Waals surface area contributed by atoms with Crippen LogP contribution in [0.15, 0.2) is 73.1 Å². The first-order chi connectivity index (χ1) is 16.1. The summed E-state index contributed by atoms with van der Waals surface area (Å²) in [6.07, 6.45) is 4.04. The van der Waals surface area contributed by atoms with E-state index in [9.17, 15) is 9.18 Å². The van der Waals surface area contributed by atoms with E-state index in [0.717, 1.165) is 42.0 Å². The highest BCUT2D eigenvalue weighted by molar-refractivity contribution is 5.71. The second-order valence-corrected chi connectivity index (χ2v) is 8.75. The molecule has 0 bridgehead atoms. The molecule has 0 aliphatic carbocycles. The van der Waals surface area contributed by atoms with E-state index in [-0.39, 0.29) is 11.9 Å². The molecule has 5 rings (SSSR count). The highest BCUT2D eigenvalue weighted by atomic mass is 19.1. The summed E-state index contributed by atoms with van der Waals surface area (Å²) in [5.41, 5.74) is 2.51. The molecule has 1 spiro atoms. The lowest BCUT2D eigenvalue weighted by Crippen LogP contribution is -2.37. The average Bonchev–Trinajstić information content (AvgIpc) is 3.36. The number of pyridine rings is 1. The SMILES string of the molecule is O=C1O[C@]2(CCN(Cc3ccccc3OCc3cccnc3)C2)CN1Cc1ccc(F)cc1. The van der Waals surface area contributed by atoms with Crippen molar-refractivity contribution in [1.29, 1.82) is 0 Å². The Morgan fingerprint density at radius 2 is 1.85 bits per heavy atom. The monoisotopic (exact) mass is 447 g/mol. The van der Waals surface area contributed by atoms with Crippen molar-refractivity contribution in [2.75, 3.05) is 19.6 Å². The Morgan fingerprint density at radius 3 is 2.67 bits per heavy atom. The van der Waals surface area contributed by atoms with Gasteiger partial charge in [-0.25, -0.2) is 9.18 Å². The van der Waals surface area contributed by atoms with Crippen LogP contribution in [0.3, 0.4) is 0 Å². The second kappa shape index (κ2) is 9.19. The number of hydrogen-bond donors (Lipinski definition) is 0. The Hall–Kier alpha value is -3.45. The Labute approximate surface area is 192 Å². The van der Waals surface area contributed by atoms with Crippen molar-refractivity contribution in [1.82, 2.24) is 14.8 Å². The first kappa shape index (κ1) is 21.4. The normalized spacial score (nSPS) is 20.4. The summed E-state index contributed by atoms with van der Waals surface area (Å²) in [5, 5.41) is 0. The van der Waals surface area contributed by atoms with Gasteiger partial charge >= 0.3 is 6.09 Å². The molecule has 1 amide bonds. The third kappa shape index (κ3) is 4.98. The molecule has 0 saturated carbocycles. The van der Waals surface area contributed by atoms with Crippen LogP contribution in [0.4, 0.5) is 9.18 Å². The minimum absolute atomic E-state index is 0.282. The molecule has 0 radical (unpaired) electrons. The van der Waals surface area contributed by atoms with E-state index in [2.05, 4.69) is 16.0 Å². The fraction of sp³-hybridized carbons (Fsp3) is 0.308. The molecular weight excluding hydrogens is 421 g/mol. The van der Waals surface area contributed by atoms with Crippen molar-refractivity contribution in [3.05, 3.63) is 95.6 Å². The van der Waals surface area contributed by atoms with Gasteiger partial charge in [0.15, 0.2) is 0 Å².